The molecule has 2 bridgehead atoms. The molecule has 0 radical (unpaired) electrons. The standard InChI is InChI=1S/C26H41NO4S/c1-5-24(3)14-20(31-21(29)16-32-18-8-6-13-27-15-18)25(4)10-7-11-26(17(2)23(24)30)12-9-19(28)22(25)26/h5,17-18,20,22-23,27,30H,1,6-16H2,2-4H3/t17-,18?,20+,22?,23?,24+,25-,26?/m0/s1. The molecule has 4 aliphatic rings. The summed E-state index contributed by atoms with van der Waals surface area (Å²) in [7, 11) is 0. The lowest BCUT2D eigenvalue weighted by atomic mass is 9.46. The summed E-state index contributed by atoms with van der Waals surface area (Å²) in [6.07, 6.45) is 7.92. The van der Waals surface area contributed by atoms with Crippen molar-refractivity contribution in [3.8, 4) is 0 Å². The van der Waals surface area contributed by atoms with E-state index in [2.05, 4.69) is 25.7 Å². The molecule has 2 N–H and O–H groups in total. The van der Waals surface area contributed by atoms with Gasteiger partial charge in [0.05, 0.1) is 11.9 Å². The van der Waals surface area contributed by atoms with Gasteiger partial charge in [-0.1, -0.05) is 33.3 Å². The molecule has 3 saturated carbocycles. The number of hydrogen-bond acceptors (Lipinski definition) is 6. The second kappa shape index (κ2) is 9.07. The molecule has 8 atom stereocenters. The van der Waals surface area contributed by atoms with Gasteiger partial charge in [-0.3, -0.25) is 9.59 Å². The van der Waals surface area contributed by atoms with Crippen LogP contribution in [0.25, 0.3) is 0 Å². The maximum atomic E-state index is 13.3. The van der Waals surface area contributed by atoms with Crippen LogP contribution in [0, 0.1) is 28.1 Å². The zero-order chi connectivity index (χ0) is 23.1. The molecule has 1 heterocycles. The van der Waals surface area contributed by atoms with Crippen molar-refractivity contribution in [2.24, 2.45) is 28.1 Å². The van der Waals surface area contributed by atoms with Crippen LogP contribution in [-0.4, -0.2) is 53.2 Å². The van der Waals surface area contributed by atoms with Gasteiger partial charge in [-0.25, -0.2) is 0 Å². The number of carbonyl (C=O) groups is 2. The van der Waals surface area contributed by atoms with Gasteiger partial charge < -0.3 is 15.2 Å². The van der Waals surface area contributed by atoms with E-state index in [1.807, 2.05) is 13.0 Å². The van der Waals surface area contributed by atoms with Crippen molar-refractivity contribution in [3.63, 3.8) is 0 Å². The zero-order valence-corrected chi connectivity index (χ0v) is 20.8. The fourth-order valence-electron chi connectivity index (χ4n) is 7.63. The van der Waals surface area contributed by atoms with Gasteiger partial charge >= 0.3 is 5.97 Å². The molecule has 0 amide bonds. The molecule has 1 saturated heterocycles. The topological polar surface area (TPSA) is 75.6 Å². The molecular formula is C26H41NO4S. The average molecular weight is 464 g/mol. The van der Waals surface area contributed by atoms with E-state index in [4.69, 9.17) is 4.74 Å². The minimum atomic E-state index is -0.611. The van der Waals surface area contributed by atoms with Crippen LogP contribution in [0.3, 0.4) is 0 Å². The predicted molar refractivity (Wildman–Crippen MR) is 128 cm³/mol. The van der Waals surface area contributed by atoms with E-state index >= 15 is 0 Å². The Kier molecular flexibility index (Phi) is 6.88. The van der Waals surface area contributed by atoms with Crippen LogP contribution in [0.2, 0.25) is 0 Å². The Hall–Kier alpha value is -0.850. The molecule has 0 aromatic carbocycles. The van der Waals surface area contributed by atoms with Gasteiger partial charge in [0.2, 0.25) is 0 Å². The molecule has 180 valence electrons. The Bertz CT molecular complexity index is 752. The molecule has 32 heavy (non-hydrogen) atoms. The first-order chi connectivity index (χ1) is 15.2. The van der Waals surface area contributed by atoms with Crippen molar-refractivity contribution in [1.29, 1.82) is 0 Å². The lowest BCUT2D eigenvalue weighted by Crippen LogP contribution is -2.60. The Balaban J connectivity index is 1.61. The first-order valence-corrected chi connectivity index (χ1v) is 13.6. The van der Waals surface area contributed by atoms with Gasteiger partial charge in [0.15, 0.2) is 0 Å². The third kappa shape index (κ3) is 3.98. The van der Waals surface area contributed by atoms with Crippen molar-refractivity contribution >= 4 is 23.5 Å². The van der Waals surface area contributed by atoms with Crippen molar-refractivity contribution in [2.45, 2.75) is 89.6 Å². The van der Waals surface area contributed by atoms with Crippen LogP contribution in [0.1, 0.15) is 72.1 Å². The van der Waals surface area contributed by atoms with E-state index in [1.54, 1.807) is 11.8 Å². The number of piperidine rings is 1. The minimum Gasteiger partial charge on any atom is -0.461 e. The zero-order valence-electron chi connectivity index (χ0n) is 20.0. The summed E-state index contributed by atoms with van der Waals surface area (Å²) >= 11 is 1.68. The Morgan fingerprint density at radius 3 is 2.78 bits per heavy atom. The summed E-state index contributed by atoms with van der Waals surface area (Å²) < 4.78 is 6.25. The number of aliphatic hydroxyl groups excluding tert-OH is 1. The van der Waals surface area contributed by atoms with E-state index < -0.39 is 23.0 Å². The second-order valence-corrected chi connectivity index (χ2v) is 12.7. The van der Waals surface area contributed by atoms with Gasteiger partial charge in [-0.15, -0.1) is 18.3 Å². The van der Waals surface area contributed by atoms with E-state index in [0.29, 0.717) is 29.6 Å². The van der Waals surface area contributed by atoms with Crippen molar-refractivity contribution in [3.05, 3.63) is 12.7 Å². The number of nitrogens with one attached hydrogen (secondary N) is 1. The summed E-state index contributed by atoms with van der Waals surface area (Å²) in [6.45, 7) is 12.4. The van der Waals surface area contributed by atoms with Crippen LogP contribution in [0.4, 0.5) is 0 Å². The van der Waals surface area contributed by atoms with Gasteiger partial charge in [0.25, 0.3) is 0 Å². The fraction of sp³-hybridized carbons (Fsp3) is 0.846. The quantitative estimate of drug-likeness (QED) is 0.472. The number of ketones is 1. The van der Waals surface area contributed by atoms with Crippen LogP contribution < -0.4 is 5.32 Å². The molecular weight excluding hydrogens is 422 g/mol. The Labute approximate surface area is 197 Å². The van der Waals surface area contributed by atoms with Gasteiger partial charge in [-0.2, -0.15) is 0 Å². The van der Waals surface area contributed by atoms with Crippen molar-refractivity contribution in [1.82, 2.24) is 5.32 Å². The number of carbonyl (C=O) groups excluding carboxylic acids is 2. The fourth-order valence-corrected chi connectivity index (χ4v) is 8.64. The predicted octanol–water partition coefficient (Wildman–Crippen LogP) is 4.13. The second-order valence-electron chi connectivity index (χ2n) is 11.4. The molecule has 0 aromatic rings. The van der Waals surface area contributed by atoms with Gasteiger partial charge in [0, 0.05) is 35.0 Å². The van der Waals surface area contributed by atoms with E-state index in [9.17, 15) is 14.7 Å². The van der Waals surface area contributed by atoms with Crippen molar-refractivity contribution < 1.29 is 19.4 Å². The van der Waals surface area contributed by atoms with Gasteiger partial charge in [-0.05, 0) is 56.4 Å². The molecule has 3 aliphatic carbocycles. The first-order valence-electron chi connectivity index (χ1n) is 12.5. The Morgan fingerprint density at radius 2 is 2.09 bits per heavy atom. The summed E-state index contributed by atoms with van der Waals surface area (Å²) in [5.74, 6) is 0.315. The monoisotopic (exact) mass is 463 g/mol. The molecule has 0 aromatic heterocycles. The minimum absolute atomic E-state index is 0.00702. The van der Waals surface area contributed by atoms with E-state index in [1.165, 1.54) is 0 Å². The maximum Gasteiger partial charge on any atom is 0.316 e. The highest BCUT2D eigenvalue weighted by atomic mass is 32.2. The lowest BCUT2D eigenvalue weighted by Gasteiger charge is -2.59. The molecule has 5 nitrogen and oxygen atoms in total. The molecule has 4 unspecified atom stereocenters. The first kappa shape index (κ1) is 24.3. The molecule has 0 spiro atoms. The largest absolute Gasteiger partial charge is 0.461 e. The number of aliphatic hydroxyl groups is 1. The number of esters is 1. The van der Waals surface area contributed by atoms with Crippen LogP contribution in [0.5, 0.6) is 0 Å². The maximum absolute atomic E-state index is 13.3. The van der Waals surface area contributed by atoms with Crippen molar-refractivity contribution in [2.75, 3.05) is 18.8 Å². The number of rotatable bonds is 5. The van der Waals surface area contributed by atoms with E-state index in [-0.39, 0.29) is 23.2 Å². The summed E-state index contributed by atoms with van der Waals surface area (Å²) in [5.41, 5.74) is -1.16. The molecule has 4 fully saturated rings. The number of hydrogen-bond donors (Lipinski definition) is 2. The lowest BCUT2D eigenvalue weighted by molar-refractivity contribution is -0.193. The number of ether oxygens (including phenoxy) is 1. The van der Waals surface area contributed by atoms with Crippen LogP contribution in [0.15, 0.2) is 12.7 Å². The highest BCUT2D eigenvalue weighted by Crippen LogP contribution is 2.66. The normalized spacial score (nSPS) is 46.6. The highest BCUT2D eigenvalue weighted by molar-refractivity contribution is 8.00. The van der Waals surface area contributed by atoms with Crippen LogP contribution >= 0.6 is 11.8 Å². The summed E-state index contributed by atoms with van der Waals surface area (Å²) in [6, 6.07) is 0. The van der Waals surface area contributed by atoms with Crippen LogP contribution in [-0.2, 0) is 14.3 Å². The van der Waals surface area contributed by atoms with Gasteiger partial charge in [0.1, 0.15) is 11.9 Å². The molecule has 4 rings (SSSR count). The average Bonchev–Trinajstić information content (AvgIpc) is 3.15. The molecule has 1 aliphatic heterocycles. The SMILES string of the molecule is C=C[C@]1(C)C[C@@H](OC(=O)CSC2CCCNC2)[C@]2(C)CCCC3(CCC(=O)C32)[C@@H](C)C1O. The number of thioether (sulfide) groups is 1. The summed E-state index contributed by atoms with van der Waals surface area (Å²) in [4.78, 5) is 26.3. The highest BCUT2D eigenvalue weighted by Gasteiger charge is 2.66. The Morgan fingerprint density at radius 1 is 1.31 bits per heavy atom. The van der Waals surface area contributed by atoms with E-state index in [0.717, 1.165) is 51.6 Å². The number of Topliss-reactive ketones (excluding diaryl/α,β-unsaturated/α-hetero) is 1. The third-order valence-corrected chi connectivity index (χ3v) is 10.9. The summed E-state index contributed by atoms with van der Waals surface area (Å²) in [5, 5.41) is 15.4. The third-order valence-electron chi connectivity index (χ3n) is 9.60. The smallest absolute Gasteiger partial charge is 0.316 e. The molecule has 6 heteroatoms.